The number of nitrogens with zero attached hydrogens (tertiary/aromatic N) is 1. The lowest BCUT2D eigenvalue weighted by Crippen LogP contribution is -2.25. The van der Waals surface area contributed by atoms with Gasteiger partial charge in [0.15, 0.2) is 0 Å². The number of rotatable bonds is 9. The van der Waals surface area contributed by atoms with E-state index in [1.165, 1.54) is 18.3 Å². The number of pyridine rings is 1. The summed E-state index contributed by atoms with van der Waals surface area (Å²) in [5.74, 6) is 0.932. The fourth-order valence-electron chi connectivity index (χ4n) is 2.81. The van der Waals surface area contributed by atoms with Gasteiger partial charge in [-0.25, -0.2) is 18.1 Å². The minimum absolute atomic E-state index is 0.0431. The highest BCUT2D eigenvalue weighted by Crippen LogP contribution is 2.30. The Balaban J connectivity index is 1.61. The van der Waals surface area contributed by atoms with E-state index in [-0.39, 0.29) is 18.0 Å². The van der Waals surface area contributed by atoms with Crippen molar-refractivity contribution in [2.24, 2.45) is 0 Å². The Morgan fingerprint density at radius 1 is 0.969 bits per heavy atom. The van der Waals surface area contributed by atoms with Crippen molar-refractivity contribution < 1.29 is 31.1 Å². The first-order chi connectivity index (χ1) is 15.1. The zero-order valence-corrected chi connectivity index (χ0v) is 17.9. The topological polar surface area (TPSA) is 77.5 Å². The Morgan fingerprint density at radius 3 is 2.38 bits per heavy atom. The van der Waals surface area contributed by atoms with Crippen molar-refractivity contribution in [2.75, 3.05) is 6.61 Å². The van der Waals surface area contributed by atoms with Gasteiger partial charge in [-0.15, -0.1) is 0 Å². The molecule has 0 saturated heterocycles. The predicted molar refractivity (Wildman–Crippen MR) is 113 cm³/mol. The molecule has 0 aliphatic rings. The third kappa shape index (κ3) is 6.96. The Morgan fingerprint density at radius 2 is 1.69 bits per heavy atom. The average Bonchev–Trinajstić information content (AvgIpc) is 2.74. The molecule has 10 heteroatoms. The lowest BCUT2D eigenvalue weighted by atomic mass is 10.1. The molecule has 0 amide bonds. The van der Waals surface area contributed by atoms with Crippen LogP contribution in [0.4, 0.5) is 13.2 Å². The minimum atomic E-state index is -4.54. The van der Waals surface area contributed by atoms with Crippen LogP contribution in [0.15, 0.2) is 66.9 Å². The second-order valence-corrected chi connectivity index (χ2v) is 8.59. The number of alkyl halides is 3. The second-order valence-electron chi connectivity index (χ2n) is 6.79. The molecule has 0 bridgehead atoms. The van der Waals surface area contributed by atoms with Crippen molar-refractivity contribution in [1.82, 2.24) is 9.71 Å². The molecule has 170 valence electrons. The summed E-state index contributed by atoms with van der Waals surface area (Å²) < 4.78 is 76.6. The van der Waals surface area contributed by atoms with Crippen LogP contribution in [0.2, 0.25) is 0 Å². The molecule has 0 fully saturated rings. The summed E-state index contributed by atoms with van der Waals surface area (Å²) in [7, 11) is -3.87. The van der Waals surface area contributed by atoms with Gasteiger partial charge in [0.25, 0.3) is 0 Å². The van der Waals surface area contributed by atoms with Crippen molar-refractivity contribution in [3.8, 4) is 17.4 Å². The molecule has 0 unspecified atom stereocenters. The van der Waals surface area contributed by atoms with Crippen molar-refractivity contribution >= 4 is 10.0 Å². The van der Waals surface area contributed by atoms with Gasteiger partial charge >= 0.3 is 6.18 Å². The summed E-state index contributed by atoms with van der Waals surface area (Å²) in [5.41, 5.74) is -0.273. The number of ether oxygens (including phenoxy) is 2. The summed E-state index contributed by atoms with van der Waals surface area (Å²) in [4.78, 5) is 4.10. The molecule has 32 heavy (non-hydrogen) atoms. The van der Waals surface area contributed by atoms with Crippen LogP contribution in [0.25, 0.3) is 0 Å². The van der Waals surface area contributed by atoms with Crippen LogP contribution < -0.4 is 14.2 Å². The molecular formula is C22H21F3N2O4S. The first-order valence-electron chi connectivity index (χ1n) is 9.64. The molecular weight excluding hydrogens is 445 g/mol. The van der Waals surface area contributed by atoms with Gasteiger partial charge < -0.3 is 9.47 Å². The average molecular weight is 466 g/mol. The van der Waals surface area contributed by atoms with Crippen LogP contribution in [0, 0.1) is 0 Å². The lowest BCUT2D eigenvalue weighted by molar-refractivity contribution is -0.137. The Bertz CT molecular complexity index is 1150. The van der Waals surface area contributed by atoms with Gasteiger partial charge in [0.2, 0.25) is 15.9 Å². The van der Waals surface area contributed by atoms with Crippen molar-refractivity contribution in [3.05, 3.63) is 83.6 Å². The van der Waals surface area contributed by atoms with Crippen LogP contribution in [-0.4, -0.2) is 20.0 Å². The van der Waals surface area contributed by atoms with E-state index in [0.717, 1.165) is 12.1 Å². The van der Waals surface area contributed by atoms with Crippen LogP contribution >= 0.6 is 0 Å². The van der Waals surface area contributed by atoms with Crippen molar-refractivity contribution in [1.29, 1.82) is 0 Å². The molecule has 1 N–H and O–H groups in total. The van der Waals surface area contributed by atoms with E-state index in [1.807, 2.05) is 6.92 Å². The zero-order valence-electron chi connectivity index (χ0n) is 17.1. The molecule has 0 aliphatic heterocycles. The van der Waals surface area contributed by atoms with Gasteiger partial charge in [-0.3, -0.25) is 0 Å². The van der Waals surface area contributed by atoms with Crippen molar-refractivity contribution in [2.45, 2.75) is 25.4 Å². The predicted octanol–water partition coefficient (Wildman–Crippen LogP) is 4.91. The summed E-state index contributed by atoms with van der Waals surface area (Å²) >= 11 is 0. The highest BCUT2D eigenvalue weighted by molar-refractivity contribution is 7.88. The molecule has 1 heterocycles. The number of halogens is 3. The molecule has 2 aromatic carbocycles. The summed E-state index contributed by atoms with van der Waals surface area (Å²) in [6.07, 6.45) is -3.07. The van der Waals surface area contributed by atoms with Gasteiger partial charge in [0.05, 0.1) is 17.9 Å². The first-order valence-corrected chi connectivity index (χ1v) is 11.3. The standard InChI is InChI=1S/C22H21F3N2O4S/c1-2-30-19-6-8-20(9-7-19)31-21-13-16(10-11-26-21)14-27-32(28,29)15-17-4-3-5-18(12-17)22(23,24)25/h3-13,27H,2,14-15H2,1H3. The van der Waals surface area contributed by atoms with E-state index in [2.05, 4.69) is 9.71 Å². The fraction of sp³-hybridized carbons (Fsp3) is 0.227. The van der Waals surface area contributed by atoms with E-state index in [9.17, 15) is 21.6 Å². The summed E-state index contributed by atoms with van der Waals surface area (Å²) in [6, 6.07) is 14.4. The molecule has 1 aromatic heterocycles. The van der Waals surface area contributed by atoms with Crippen LogP contribution in [0.1, 0.15) is 23.6 Å². The highest BCUT2D eigenvalue weighted by Gasteiger charge is 2.30. The molecule has 0 aliphatic carbocycles. The monoisotopic (exact) mass is 466 g/mol. The van der Waals surface area contributed by atoms with Gasteiger partial charge in [0.1, 0.15) is 11.5 Å². The summed E-state index contributed by atoms with van der Waals surface area (Å²) in [6.45, 7) is 2.37. The van der Waals surface area contributed by atoms with Gasteiger partial charge in [-0.2, -0.15) is 13.2 Å². The Kier molecular flexibility index (Phi) is 7.37. The maximum atomic E-state index is 12.8. The normalized spacial score (nSPS) is 11.9. The lowest BCUT2D eigenvalue weighted by Gasteiger charge is -2.11. The number of hydrogen-bond donors (Lipinski definition) is 1. The number of aromatic nitrogens is 1. The fourth-order valence-corrected chi connectivity index (χ4v) is 3.92. The van der Waals surface area contributed by atoms with E-state index < -0.39 is 27.5 Å². The largest absolute Gasteiger partial charge is 0.494 e. The molecule has 3 rings (SSSR count). The molecule has 0 saturated carbocycles. The third-order valence-electron chi connectivity index (χ3n) is 4.26. The van der Waals surface area contributed by atoms with E-state index in [1.54, 1.807) is 36.4 Å². The Hall–Kier alpha value is -3.11. The van der Waals surface area contributed by atoms with E-state index in [4.69, 9.17) is 9.47 Å². The van der Waals surface area contributed by atoms with Gasteiger partial charge in [-0.1, -0.05) is 18.2 Å². The quantitative estimate of drug-likeness (QED) is 0.485. The highest BCUT2D eigenvalue weighted by atomic mass is 32.2. The smallest absolute Gasteiger partial charge is 0.416 e. The number of sulfonamides is 1. The SMILES string of the molecule is CCOc1ccc(Oc2cc(CNS(=O)(=O)Cc3cccc(C(F)(F)F)c3)ccn2)cc1. The zero-order chi connectivity index (χ0) is 23.2. The first kappa shape index (κ1) is 23.6. The van der Waals surface area contributed by atoms with Gasteiger partial charge in [-0.05, 0) is 54.4 Å². The molecule has 3 aromatic rings. The van der Waals surface area contributed by atoms with Crippen molar-refractivity contribution in [3.63, 3.8) is 0 Å². The van der Waals surface area contributed by atoms with Crippen LogP contribution in [0.5, 0.6) is 17.4 Å². The van der Waals surface area contributed by atoms with E-state index >= 15 is 0 Å². The maximum Gasteiger partial charge on any atom is 0.416 e. The van der Waals surface area contributed by atoms with Crippen LogP contribution in [-0.2, 0) is 28.5 Å². The molecule has 0 spiro atoms. The van der Waals surface area contributed by atoms with Crippen LogP contribution in [0.3, 0.4) is 0 Å². The maximum absolute atomic E-state index is 12.8. The van der Waals surface area contributed by atoms with E-state index in [0.29, 0.717) is 23.7 Å². The number of nitrogens with one attached hydrogen (secondary N) is 1. The minimum Gasteiger partial charge on any atom is -0.494 e. The molecule has 0 radical (unpaired) electrons. The molecule has 0 atom stereocenters. The Labute approximate surface area is 184 Å². The number of hydrogen-bond acceptors (Lipinski definition) is 5. The van der Waals surface area contributed by atoms with Gasteiger partial charge in [0, 0.05) is 18.8 Å². The third-order valence-corrected chi connectivity index (χ3v) is 5.56. The molecule has 6 nitrogen and oxygen atoms in total. The summed E-state index contributed by atoms with van der Waals surface area (Å²) in [5, 5.41) is 0. The second kappa shape index (κ2) is 10.0. The number of benzene rings is 2.